The van der Waals surface area contributed by atoms with Gasteiger partial charge in [0.2, 0.25) is 11.9 Å². The summed E-state index contributed by atoms with van der Waals surface area (Å²) in [7, 11) is -3.90. The van der Waals surface area contributed by atoms with Crippen molar-refractivity contribution in [2.24, 2.45) is 0 Å². The number of nitrogens with zero attached hydrogens (tertiary/aromatic N) is 3. The van der Waals surface area contributed by atoms with Crippen LogP contribution >= 0.6 is 11.8 Å². The molecule has 210 valence electrons. The van der Waals surface area contributed by atoms with Crippen LogP contribution < -0.4 is 10.0 Å². The van der Waals surface area contributed by atoms with E-state index < -0.39 is 10.0 Å². The van der Waals surface area contributed by atoms with Crippen LogP contribution in [0.4, 0.5) is 11.6 Å². The smallest absolute Gasteiger partial charge is 0.264 e. The van der Waals surface area contributed by atoms with Crippen molar-refractivity contribution in [1.29, 1.82) is 0 Å². The summed E-state index contributed by atoms with van der Waals surface area (Å²) in [6.45, 7) is 4.14. The maximum atomic E-state index is 12.9. The lowest BCUT2D eigenvalue weighted by atomic mass is 10.1. The summed E-state index contributed by atoms with van der Waals surface area (Å²) in [4.78, 5) is 35.6. The Morgan fingerprint density at radius 2 is 1.61 bits per heavy atom. The van der Waals surface area contributed by atoms with Gasteiger partial charge in [-0.1, -0.05) is 42.5 Å². The van der Waals surface area contributed by atoms with Crippen molar-refractivity contribution in [3.8, 4) is 0 Å². The topological polar surface area (TPSA) is 121 Å². The number of amides is 2. The molecule has 11 heteroatoms. The highest BCUT2D eigenvalue weighted by atomic mass is 32.2. The van der Waals surface area contributed by atoms with E-state index in [1.54, 1.807) is 43.8 Å². The lowest BCUT2D eigenvalue weighted by molar-refractivity contribution is -0.128. The van der Waals surface area contributed by atoms with Gasteiger partial charge in [0, 0.05) is 29.2 Å². The predicted molar refractivity (Wildman–Crippen MR) is 160 cm³/mol. The minimum absolute atomic E-state index is 0.00279. The molecule has 2 amide bonds. The van der Waals surface area contributed by atoms with Crippen LogP contribution in [0.2, 0.25) is 0 Å². The first-order chi connectivity index (χ1) is 19.7. The van der Waals surface area contributed by atoms with E-state index in [2.05, 4.69) is 32.1 Å². The lowest BCUT2D eigenvalue weighted by Crippen LogP contribution is -2.30. The highest BCUT2D eigenvalue weighted by molar-refractivity contribution is 8.00. The highest BCUT2D eigenvalue weighted by Crippen LogP contribution is 2.38. The van der Waals surface area contributed by atoms with Gasteiger partial charge in [-0.05, 0) is 73.9 Å². The number of carbonyl (C=O) groups is 2. The molecule has 0 spiro atoms. The third-order valence-electron chi connectivity index (χ3n) is 6.54. The van der Waals surface area contributed by atoms with Gasteiger partial charge in [0.15, 0.2) is 0 Å². The van der Waals surface area contributed by atoms with Crippen molar-refractivity contribution in [2.75, 3.05) is 22.3 Å². The van der Waals surface area contributed by atoms with Crippen LogP contribution in [0.5, 0.6) is 0 Å². The summed E-state index contributed by atoms with van der Waals surface area (Å²) >= 11 is 1.58. The molecule has 5 rings (SSSR count). The van der Waals surface area contributed by atoms with Gasteiger partial charge in [0.1, 0.15) is 5.37 Å². The molecule has 0 aliphatic carbocycles. The SMILES string of the molecule is Cc1cc(C)nc(NS(=O)(=O)c2ccc(NC(=O)c3ccc([C@@H]4SCC(=O)N4CCc4ccccc4)cc3)cc2)n1. The maximum absolute atomic E-state index is 12.9. The summed E-state index contributed by atoms with van der Waals surface area (Å²) in [6, 6.07) is 24.9. The fraction of sp³-hybridized carbons (Fsp3) is 0.200. The predicted octanol–water partition coefficient (Wildman–Crippen LogP) is 4.96. The van der Waals surface area contributed by atoms with Gasteiger partial charge in [0.25, 0.3) is 15.9 Å². The average molecular weight is 588 g/mol. The molecule has 2 N–H and O–H groups in total. The first-order valence-corrected chi connectivity index (χ1v) is 15.5. The first-order valence-electron chi connectivity index (χ1n) is 13.0. The van der Waals surface area contributed by atoms with Crippen LogP contribution in [0.3, 0.4) is 0 Å². The third kappa shape index (κ3) is 6.93. The largest absolute Gasteiger partial charge is 0.326 e. The van der Waals surface area contributed by atoms with Gasteiger partial charge in [0.05, 0.1) is 10.6 Å². The standard InChI is InChI=1S/C30H29N5O4S2/c1-20-18-21(2)32-30(31-20)34-41(38,39)26-14-12-25(13-15-26)33-28(37)23-8-10-24(11-9-23)29-35(27(36)19-40-29)17-16-22-6-4-3-5-7-22/h3-15,18,29H,16-17,19H2,1-2H3,(H,33,37)(H,31,32,34)/t29-/m0/s1. The maximum Gasteiger partial charge on any atom is 0.264 e. The van der Waals surface area contributed by atoms with Crippen LogP contribution in [0, 0.1) is 13.8 Å². The van der Waals surface area contributed by atoms with E-state index in [4.69, 9.17) is 0 Å². The van der Waals surface area contributed by atoms with Gasteiger partial charge in [-0.25, -0.2) is 23.1 Å². The summed E-state index contributed by atoms with van der Waals surface area (Å²) in [5.74, 6) is 0.216. The Hall–Kier alpha value is -4.22. The summed E-state index contributed by atoms with van der Waals surface area (Å²) in [5, 5.41) is 2.70. The minimum atomic E-state index is -3.90. The second-order valence-electron chi connectivity index (χ2n) is 9.67. The van der Waals surface area contributed by atoms with E-state index in [-0.39, 0.29) is 28.0 Å². The van der Waals surface area contributed by atoms with E-state index in [1.807, 2.05) is 35.2 Å². The van der Waals surface area contributed by atoms with Gasteiger partial charge >= 0.3 is 0 Å². The normalized spacial score (nSPS) is 15.1. The lowest BCUT2D eigenvalue weighted by Gasteiger charge is -2.24. The number of sulfonamides is 1. The fourth-order valence-corrected chi connectivity index (χ4v) is 6.70. The zero-order valence-electron chi connectivity index (χ0n) is 22.6. The molecule has 0 unspecified atom stereocenters. The highest BCUT2D eigenvalue weighted by Gasteiger charge is 2.32. The number of hydrogen-bond donors (Lipinski definition) is 2. The van der Waals surface area contributed by atoms with Crippen molar-refractivity contribution in [3.05, 3.63) is 113 Å². The number of nitrogens with one attached hydrogen (secondary N) is 2. The zero-order valence-corrected chi connectivity index (χ0v) is 24.2. The van der Waals surface area contributed by atoms with E-state index in [1.165, 1.54) is 29.8 Å². The van der Waals surface area contributed by atoms with Crippen molar-refractivity contribution in [2.45, 2.75) is 30.5 Å². The second-order valence-corrected chi connectivity index (χ2v) is 12.4. The minimum Gasteiger partial charge on any atom is -0.326 e. The second kappa shape index (κ2) is 12.1. The third-order valence-corrected chi connectivity index (χ3v) is 9.14. The number of benzene rings is 3. The molecule has 4 aromatic rings. The molecular formula is C30H29N5O4S2. The van der Waals surface area contributed by atoms with E-state index >= 15 is 0 Å². The molecular weight excluding hydrogens is 558 g/mol. The molecule has 1 fully saturated rings. The number of hydrogen-bond acceptors (Lipinski definition) is 7. The molecule has 3 aromatic carbocycles. The Bertz CT molecular complexity index is 1640. The van der Waals surface area contributed by atoms with Crippen LogP contribution in [-0.4, -0.2) is 47.4 Å². The first kappa shape index (κ1) is 28.3. The Morgan fingerprint density at radius 3 is 2.27 bits per heavy atom. The number of carbonyl (C=O) groups excluding carboxylic acids is 2. The van der Waals surface area contributed by atoms with E-state index in [9.17, 15) is 18.0 Å². The van der Waals surface area contributed by atoms with Crippen LogP contribution in [0.15, 0.2) is 89.8 Å². The number of aryl methyl sites for hydroxylation is 2. The fourth-order valence-electron chi connectivity index (χ4n) is 4.54. The van der Waals surface area contributed by atoms with Gasteiger partial charge in [-0.3, -0.25) is 9.59 Å². The Kier molecular flexibility index (Phi) is 8.36. The Morgan fingerprint density at radius 1 is 0.951 bits per heavy atom. The molecule has 1 aliphatic heterocycles. The molecule has 0 radical (unpaired) electrons. The molecule has 1 atom stereocenters. The van der Waals surface area contributed by atoms with Gasteiger partial charge in [-0.15, -0.1) is 11.8 Å². The number of aromatic nitrogens is 2. The van der Waals surface area contributed by atoms with E-state index in [0.717, 1.165) is 12.0 Å². The van der Waals surface area contributed by atoms with Crippen LogP contribution in [-0.2, 0) is 21.2 Å². The van der Waals surface area contributed by atoms with Crippen molar-refractivity contribution < 1.29 is 18.0 Å². The monoisotopic (exact) mass is 587 g/mol. The zero-order chi connectivity index (χ0) is 29.0. The van der Waals surface area contributed by atoms with Crippen LogP contribution in [0.1, 0.15) is 38.2 Å². The molecule has 2 heterocycles. The summed E-state index contributed by atoms with van der Waals surface area (Å²) in [5.41, 5.74) is 4.34. The summed E-state index contributed by atoms with van der Waals surface area (Å²) < 4.78 is 27.9. The van der Waals surface area contributed by atoms with Crippen LogP contribution in [0.25, 0.3) is 0 Å². The number of rotatable bonds is 9. The van der Waals surface area contributed by atoms with Crippen molar-refractivity contribution >= 4 is 45.2 Å². The molecule has 0 saturated carbocycles. The summed E-state index contributed by atoms with van der Waals surface area (Å²) in [6.07, 6.45) is 0.777. The van der Waals surface area contributed by atoms with Crippen molar-refractivity contribution in [1.82, 2.24) is 14.9 Å². The van der Waals surface area contributed by atoms with Gasteiger partial charge in [-0.2, -0.15) is 0 Å². The van der Waals surface area contributed by atoms with Crippen molar-refractivity contribution in [3.63, 3.8) is 0 Å². The Balaban J connectivity index is 1.21. The molecule has 41 heavy (non-hydrogen) atoms. The molecule has 1 saturated heterocycles. The Labute approximate surface area is 243 Å². The molecule has 1 aromatic heterocycles. The molecule has 1 aliphatic rings. The average Bonchev–Trinajstić information content (AvgIpc) is 3.32. The molecule has 0 bridgehead atoms. The van der Waals surface area contributed by atoms with Gasteiger partial charge < -0.3 is 10.2 Å². The van der Waals surface area contributed by atoms with E-state index in [0.29, 0.717) is 34.9 Å². The number of thioether (sulfide) groups is 1. The number of anilines is 2. The quantitative estimate of drug-likeness (QED) is 0.284. The molecule has 9 nitrogen and oxygen atoms in total.